The zero-order valence-electron chi connectivity index (χ0n) is 8.71. The van der Waals surface area contributed by atoms with Crippen molar-refractivity contribution in [2.45, 2.75) is 39.8 Å². The summed E-state index contributed by atoms with van der Waals surface area (Å²) >= 11 is 0. The molecule has 0 bridgehead atoms. The molecular formula is C10H21NO. The van der Waals surface area contributed by atoms with Gasteiger partial charge < -0.3 is 4.74 Å². The summed E-state index contributed by atoms with van der Waals surface area (Å²) in [5.41, 5.74) is 0. The van der Waals surface area contributed by atoms with E-state index in [9.17, 15) is 0 Å². The molecule has 1 aliphatic rings. The lowest BCUT2D eigenvalue weighted by Gasteiger charge is -2.39. The Bertz CT molecular complexity index is 126. The standard InChI is InChI=1S/C10H21NO/c1-8(2)5-11-9(3)6-12-7-10(11)4/h8-10H,5-7H2,1-4H3/t9-,10-/m1/s1. The maximum Gasteiger partial charge on any atom is 0.0620 e. The van der Waals surface area contributed by atoms with Crippen LogP contribution in [0.4, 0.5) is 0 Å². The van der Waals surface area contributed by atoms with Crippen molar-refractivity contribution in [3.63, 3.8) is 0 Å². The molecule has 1 aliphatic heterocycles. The van der Waals surface area contributed by atoms with Gasteiger partial charge in [0.1, 0.15) is 0 Å². The minimum atomic E-state index is 0.594. The number of hydrogen-bond acceptors (Lipinski definition) is 2. The minimum absolute atomic E-state index is 0.594. The predicted molar refractivity (Wildman–Crippen MR) is 51.3 cm³/mol. The Kier molecular flexibility index (Phi) is 3.53. The molecule has 2 nitrogen and oxygen atoms in total. The monoisotopic (exact) mass is 171 g/mol. The van der Waals surface area contributed by atoms with Crippen LogP contribution in [-0.4, -0.2) is 36.7 Å². The second-order valence-corrected chi connectivity index (χ2v) is 4.33. The smallest absolute Gasteiger partial charge is 0.0620 e. The van der Waals surface area contributed by atoms with Crippen LogP contribution >= 0.6 is 0 Å². The summed E-state index contributed by atoms with van der Waals surface area (Å²) in [6, 6.07) is 1.19. The molecule has 2 heteroatoms. The van der Waals surface area contributed by atoms with Gasteiger partial charge in [0, 0.05) is 18.6 Å². The van der Waals surface area contributed by atoms with Crippen molar-refractivity contribution in [3.8, 4) is 0 Å². The molecule has 0 aromatic rings. The van der Waals surface area contributed by atoms with Crippen LogP contribution in [0.2, 0.25) is 0 Å². The number of hydrogen-bond donors (Lipinski definition) is 0. The Labute approximate surface area is 75.9 Å². The largest absolute Gasteiger partial charge is 0.378 e. The molecule has 0 amide bonds. The highest BCUT2D eigenvalue weighted by Crippen LogP contribution is 2.14. The van der Waals surface area contributed by atoms with Crippen molar-refractivity contribution in [2.75, 3.05) is 19.8 Å². The normalized spacial score (nSPS) is 32.8. The summed E-state index contributed by atoms with van der Waals surface area (Å²) in [5, 5.41) is 0. The third-order valence-electron chi connectivity index (χ3n) is 2.43. The van der Waals surface area contributed by atoms with E-state index in [4.69, 9.17) is 4.74 Å². The van der Waals surface area contributed by atoms with Gasteiger partial charge in [-0.05, 0) is 19.8 Å². The molecule has 1 heterocycles. The Balaban J connectivity index is 2.45. The molecule has 1 fully saturated rings. The third-order valence-corrected chi connectivity index (χ3v) is 2.43. The van der Waals surface area contributed by atoms with Crippen LogP contribution in [0.25, 0.3) is 0 Å². The fourth-order valence-electron chi connectivity index (χ4n) is 1.82. The van der Waals surface area contributed by atoms with E-state index in [0.29, 0.717) is 12.1 Å². The molecule has 0 aromatic carbocycles. The number of nitrogens with zero attached hydrogens (tertiary/aromatic N) is 1. The van der Waals surface area contributed by atoms with Crippen molar-refractivity contribution >= 4 is 0 Å². The second-order valence-electron chi connectivity index (χ2n) is 4.33. The van der Waals surface area contributed by atoms with Crippen LogP contribution in [0.3, 0.4) is 0 Å². The van der Waals surface area contributed by atoms with E-state index in [1.54, 1.807) is 0 Å². The molecule has 2 atom stereocenters. The molecule has 0 aliphatic carbocycles. The van der Waals surface area contributed by atoms with E-state index in [1.807, 2.05) is 0 Å². The maximum atomic E-state index is 5.46. The highest BCUT2D eigenvalue weighted by Gasteiger charge is 2.25. The molecule has 1 saturated heterocycles. The SMILES string of the molecule is CC(C)CN1[C@H](C)COC[C@H]1C. The quantitative estimate of drug-likeness (QED) is 0.627. The van der Waals surface area contributed by atoms with Crippen LogP contribution in [0.5, 0.6) is 0 Å². The van der Waals surface area contributed by atoms with Crippen LogP contribution < -0.4 is 0 Å². The van der Waals surface area contributed by atoms with Gasteiger partial charge in [-0.3, -0.25) is 4.90 Å². The van der Waals surface area contributed by atoms with E-state index >= 15 is 0 Å². The summed E-state index contributed by atoms with van der Waals surface area (Å²) < 4.78 is 5.46. The van der Waals surface area contributed by atoms with Gasteiger partial charge in [-0.1, -0.05) is 13.8 Å². The highest BCUT2D eigenvalue weighted by molar-refractivity contribution is 4.78. The van der Waals surface area contributed by atoms with Crippen molar-refractivity contribution in [3.05, 3.63) is 0 Å². The van der Waals surface area contributed by atoms with Gasteiger partial charge in [-0.15, -0.1) is 0 Å². The molecule has 0 spiro atoms. The molecule has 0 saturated carbocycles. The first-order chi connectivity index (χ1) is 5.61. The molecular weight excluding hydrogens is 150 g/mol. The van der Waals surface area contributed by atoms with Gasteiger partial charge in [0.05, 0.1) is 13.2 Å². The highest BCUT2D eigenvalue weighted by atomic mass is 16.5. The summed E-state index contributed by atoms with van der Waals surface area (Å²) in [5.74, 6) is 0.757. The minimum Gasteiger partial charge on any atom is -0.378 e. The van der Waals surface area contributed by atoms with E-state index < -0.39 is 0 Å². The molecule has 0 radical (unpaired) electrons. The summed E-state index contributed by atoms with van der Waals surface area (Å²) in [6.45, 7) is 12.0. The molecule has 1 rings (SSSR count). The molecule has 0 unspecified atom stereocenters. The van der Waals surface area contributed by atoms with Gasteiger partial charge in [0.15, 0.2) is 0 Å². The van der Waals surface area contributed by atoms with E-state index in [2.05, 4.69) is 32.6 Å². The van der Waals surface area contributed by atoms with Crippen LogP contribution in [0.15, 0.2) is 0 Å². The van der Waals surface area contributed by atoms with Crippen molar-refractivity contribution in [2.24, 2.45) is 5.92 Å². The van der Waals surface area contributed by atoms with Gasteiger partial charge in [0.2, 0.25) is 0 Å². The Morgan fingerprint density at radius 1 is 1.25 bits per heavy atom. The van der Waals surface area contributed by atoms with Crippen molar-refractivity contribution in [1.82, 2.24) is 4.90 Å². The third kappa shape index (κ3) is 2.46. The van der Waals surface area contributed by atoms with Gasteiger partial charge in [-0.2, -0.15) is 0 Å². The number of rotatable bonds is 2. The maximum absolute atomic E-state index is 5.46. The zero-order valence-corrected chi connectivity index (χ0v) is 8.71. The first-order valence-corrected chi connectivity index (χ1v) is 4.94. The van der Waals surface area contributed by atoms with Crippen molar-refractivity contribution < 1.29 is 4.74 Å². The van der Waals surface area contributed by atoms with Gasteiger partial charge >= 0.3 is 0 Å². The molecule has 0 aromatic heterocycles. The molecule has 0 N–H and O–H groups in total. The average molecular weight is 171 g/mol. The molecule has 72 valence electrons. The number of morpholine rings is 1. The summed E-state index contributed by atoms with van der Waals surface area (Å²) in [4.78, 5) is 2.55. The first kappa shape index (κ1) is 10.0. The van der Waals surface area contributed by atoms with Gasteiger partial charge in [0.25, 0.3) is 0 Å². The van der Waals surface area contributed by atoms with Gasteiger partial charge in [-0.25, -0.2) is 0 Å². The van der Waals surface area contributed by atoms with Crippen LogP contribution in [-0.2, 0) is 4.74 Å². The Morgan fingerprint density at radius 3 is 2.17 bits per heavy atom. The van der Waals surface area contributed by atoms with E-state index in [0.717, 1.165) is 19.1 Å². The van der Waals surface area contributed by atoms with Crippen molar-refractivity contribution in [1.29, 1.82) is 0 Å². The fourth-order valence-corrected chi connectivity index (χ4v) is 1.82. The Morgan fingerprint density at radius 2 is 1.75 bits per heavy atom. The van der Waals surface area contributed by atoms with Crippen LogP contribution in [0.1, 0.15) is 27.7 Å². The average Bonchev–Trinajstić information content (AvgIpc) is 1.97. The topological polar surface area (TPSA) is 12.5 Å². The number of ether oxygens (including phenoxy) is 1. The lowest BCUT2D eigenvalue weighted by atomic mass is 10.1. The van der Waals surface area contributed by atoms with E-state index in [-0.39, 0.29) is 0 Å². The Hall–Kier alpha value is -0.0800. The first-order valence-electron chi connectivity index (χ1n) is 4.94. The zero-order chi connectivity index (χ0) is 9.14. The summed E-state index contributed by atoms with van der Waals surface area (Å²) in [7, 11) is 0. The lowest BCUT2D eigenvalue weighted by molar-refractivity contribution is -0.0412. The molecule has 12 heavy (non-hydrogen) atoms. The lowest BCUT2D eigenvalue weighted by Crippen LogP contribution is -2.50. The second kappa shape index (κ2) is 4.24. The predicted octanol–water partition coefficient (Wildman–Crippen LogP) is 1.75. The fraction of sp³-hybridized carbons (Fsp3) is 1.00. The van der Waals surface area contributed by atoms with E-state index in [1.165, 1.54) is 6.54 Å². The summed E-state index contributed by atoms with van der Waals surface area (Å²) in [6.07, 6.45) is 0. The van der Waals surface area contributed by atoms with Crippen LogP contribution in [0, 0.1) is 5.92 Å².